The number of anilines is 2. The maximum absolute atomic E-state index is 12.8. The summed E-state index contributed by atoms with van der Waals surface area (Å²) < 4.78 is 5.90. The Hall–Kier alpha value is -4.01. The minimum atomic E-state index is -0.448. The highest BCUT2D eigenvalue weighted by molar-refractivity contribution is 6.09. The van der Waals surface area contributed by atoms with Crippen molar-refractivity contribution in [2.45, 2.75) is 33.1 Å². The summed E-state index contributed by atoms with van der Waals surface area (Å²) >= 11 is 0. The maximum atomic E-state index is 12.8. The molecule has 1 aromatic carbocycles. The monoisotopic (exact) mass is 419 g/mol. The Labute approximate surface area is 178 Å². The van der Waals surface area contributed by atoms with Gasteiger partial charge in [0, 0.05) is 35.9 Å². The van der Waals surface area contributed by atoms with Gasteiger partial charge in [-0.25, -0.2) is 4.98 Å². The number of aromatic nitrogens is 1. The van der Waals surface area contributed by atoms with Crippen molar-refractivity contribution < 1.29 is 14.1 Å². The van der Waals surface area contributed by atoms with Gasteiger partial charge in [0.2, 0.25) is 0 Å². The van der Waals surface area contributed by atoms with E-state index in [1.54, 1.807) is 24.4 Å². The minimum Gasteiger partial charge on any atom is -0.455 e. The van der Waals surface area contributed by atoms with Gasteiger partial charge < -0.3 is 9.73 Å². The number of nitro groups is 1. The number of nitrogens with zero attached hydrogens (tertiary/aromatic N) is 3. The number of nitro benzene ring substituents is 1. The van der Waals surface area contributed by atoms with Crippen molar-refractivity contribution in [3.63, 3.8) is 0 Å². The number of hydrogen-bond donors (Lipinski definition) is 2. The molecule has 9 nitrogen and oxygen atoms in total. The van der Waals surface area contributed by atoms with Crippen LogP contribution in [-0.4, -0.2) is 21.5 Å². The zero-order chi connectivity index (χ0) is 22.0. The van der Waals surface area contributed by atoms with Crippen molar-refractivity contribution >= 4 is 28.8 Å². The standard InChI is InChI=1S/C22H21N5O4/c1-13-6-11-19(23-12-13)24-22(28)21-14(2)20-17(4-3-5-18(20)31-21)26-25-15-7-9-16(10-8-15)27(29)30/h6-12,25H,3-5H2,1-2H3,(H,23,24,28)/b26-17+. The fourth-order valence-electron chi connectivity index (χ4n) is 3.50. The van der Waals surface area contributed by atoms with Crippen LogP contribution in [0, 0.1) is 24.0 Å². The summed E-state index contributed by atoms with van der Waals surface area (Å²) in [5, 5.41) is 18.0. The first kappa shape index (κ1) is 20.3. The van der Waals surface area contributed by atoms with Crippen LogP contribution in [0.15, 0.2) is 52.1 Å². The van der Waals surface area contributed by atoms with Gasteiger partial charge in [-0.3, -0.25) is 20.3 Å². The van der Waals surface area contributed by atoms with E-state index < -0.39 is 4.92 Å². The van der Waals surface area contributed by atoms with Crippen molar-refractivity contribution in [3.8, 4) is 0 Å². The molecule has 0 saturated heterocycles. The predicted octanol–water partition coefficient (Wildman–Crippen LogP) is 4.60. The van der Waals surface area contributed by atoms with Crippen molar-refractivity contribution in [1.29, 1.82) is 0 Å². The average molecular weight is 419 g/mol. The van der Waals surface area contributed by atoms with Crippen molar-refractivity contribution in [3.05, 3.63) is 80.9 Å². The number of carbonyl (C=O) groups is 1. The summed E-state index contributed by atoms with van der Waals surface area (Å²) in [5.74, 6) is 1.08. The third-order valence-electron chi connectivity index (χ3n) is 5.08. The van der Waals surface area contributed by atoms with Crippen LogP contribution in [0.5, 0.6) is 0 Å². The second-order valence-electron chi connectivity index (χ2n) is 7.36. The van der Waals surface area contributed by atoms with Crippen LogP contribution in [0.1, 0.15) is 45.8 Å². The molecule has 2 heterocycles. The second kappa shape index (κ2) is 8.39. The number of benzene rings is 1. The molecule has 0 radical (unpaired) electrons. The van der Waals surface area contributed by atoms with E-state index in [9.17, 15) is 14.9 Å². The molecular formula is C22H21N5O4. The van der Waals surface area contributed by atoms with Crippen molar-refractivity contribution in [2.75, 3.05) is 10.7 Å². The summed E-state index contributed by atoms with van der Waals surface area (Å²) in [4.78, 5) is 27.3. The van der Waals surface area contributed by atoms with E-state index in [1.165, 1.54) is 12.1 Å². The van der Waals surface area contributed by atoms with Gasteiger partial charge in [-0.15, -0.1) is 0 Å². The van der Waals surface area contributed by atoms with Crippen LogP contribution in [0.25, 0.3) is 0 Å². The van der Waals surface area contributed by atoms with Gasteiger partial charge in [0.1, 0.15) is 11.6 Å². The van der Waals surface area contributed by atoms with Crippen LogP contribution >= 0.6 is 0 Å². The predicted molar refractivity (Wildman–Crippen MR) is 117 cm³/mol. The van der Waals surface area contributed by atoms with E-state index >= 15 is 0 Å². The Morgan fingerprint density at radius 1 is 1.16 bits per heavy atom. The van der Waals surface area contributed by atoms with Gasteiger partial charge in [0.25, 0.3) is 11.6 Å². The van der Waals surface area contributed by atoms with Gasteiger partial charge in [-0.2, -0.15) is 5.10 Å². The highest BCUT2D eigenvalue weighted by atomic mass is 16.6. The zero-order valence-corrected chi connectivity index (χ0v) is 17.1. The van der Waals surface area contributed by atoms with Crippen LogP contribution in [0.4, 0.5) is 17.2 Å². The van der Waals surface area contributed by atoms with E-state index in [0.717, 1.165) is 47.4 Å². The maximum Gasteiger partial charge on any atom is 0.292 e. The molecule has 0 fully saturated rings. The molecule has 9 heteroatoms. The normalized spacial score (nSPS) is 14.2. The second-order valence-corrected chi connectivity index (χ2v) is 7.36. The van der Waals surface area contributed by atoms with Gasteiger partial charge in [-0.1, -0.05) is 6.07 Å². The molecule has 2 N–H and O–H groups in total. The van der Waals surface area contributed by atoms with E-state index in [1.807, 2.05) is 19.9 Å². The van der Waals surface area contributed by atoms with E-state index in [-0.39, 0.29) is 17.4 Å². The highest BCUT2D eigenvalue weighted by Gasteiger charge is 2.28. The summed E-state index contributed by atoms with van der Waals surface area (Å²) in [6.45, 7) is 3.77. The number of aryl methyl sites for hydroxylation is 2. The smallest absolute Gasteiger partial charge is 0.292 e. The summed E-state index contributed by atoms with van der Waals surface area (Å²) in [7, 11) is 0. The summed E-state index contributed by atoms with van der Waals surface area (Å²) in [5.41, 5.74) is 6.95. The van der Waals surface area contributed by atoms with Gasteiger partial charge in [0.05, 0.1) is 16.3 Å². The molecule has 2 aromatic heterocycles. The fourth-order valence-corrected chi connectivity index (χ4v) is 3.50. The van der Waals surface area contributed by atoms with E-state index in [0.29, 0.717) is 11.5 Å². The molecule has 1 amide bonds. The summed E-state index contributed by atoms with van der Waals surface area (Å²) in [6, 6.07) is 9.64. The van der Waals surface area contributed by atoms with Gasteiger partial charge in [-0.05, 0) is 50.5 Å². The minimum absolute atomic E-state index is 0.0163. The van der Waals surface area contributed by atoms with Gasteiger partial charge in [0.15, 0.2) is 5.76 Å². The molecule has 1 aliphatic carbocycles. The third-order valence-corrected chi connectivity index (χ3v) is 5.08. The number of furan rings is 1. The van der Waals surface area contributed by atoms with Crippen molar-refractivity contribution in [2.24, 2.45) is 5.10 Å². The lowest BCUT2D eigenvalue weighted by Crippen LogP contribution is -2.15. The topological polar surface area (TPSA) is 123 Å². The molecule has 4 rings (SSSR count). The van der Waals surface area contributed by atoms with Crippen LogP contribution in [-0.2, 0) is 6.42 Å². The molecule has 0 saturated carbocycles. The average Bonchev–Trinajstić information content (AvgIpc) is 3.11. The molecule has 0 bridgehead atoms. The number of amides is 1. The molecule has 158 valence electrons. The molecule has 0 spiro atoms. The Kier molecular flexibility index (Phi) is 5.48. The first-order valence-electron chi connectivity index (χ1n) is 9.86. The first-order valence-corrected chi connectivity index (χ1v) is 9.86. The molecule has 0 aliphatic heterocycles. The highest BCUT2D eigenvalue weighted by Crippen LogP contribution is 2.30. The number of hydrogen-bond acceptors (Lipinski definition) is 7. The SMILES string of the molecule is Cc1ccc(NC(=O)c2oc3c(c2C)/C(=N/Nc2ccc([N+](=O)[O-])cc2)CCC3)nc1. The lowest BCUT2D eigenvalue weighted by molar-refractivity contribution is -0.384. The number of non-ortho nitro benzene ring substituents is 1. The lowest BCUT2D eigenvalue weighted by atomic mass is 9.93. The van der Waals surface area contributed by atoms with Gasteiger partial charge >= 0.3 is 0 Å². The Balaban J connectivity index is 1.56. The molecule has 0 unspecified atom stereocenters. The first-order chi connectivity index (χ1) is 14.9. The number of rotatable bonds is 5. The fraction of sp³-hybridized carbons (Fsp3) is 0.227. The Morgan fingerprint density at radius 3 is 2.61 bits per heavy atom. The van der Waals surface area contributed by atoms with Crippen LogP contribution in [0.3, 0.4) is 0 Å². The largest absolute Gasteiger partial charge is 0.455 e. The quantitative estimate of drug-likeness (QED) is 0.460. The molecule has 31 heavy (non-hydrogen) atoms. The van der Waals surface area contributed by atoms with E-state index in [2.05, 4.69) is 20.8 Å². The summed E-state index contributed by atoms with van der Waals surface area (Å²) in [6.07, 6.45) is 3.99. The van der Waals surface area contributed by atoms with Crippen LogP contribution in [0.2, 0.25) is 0 Å². The molecule has 0 atom stereocenters. The number of fused-ring (bicyclic) bond motifs is 1. The molecule has 3 aromatic rings. The zero-order valence-electron chi connectivity index (χ0n) is 17.1. The van der Waals surface area contributed by atoms with Crippen LogP contribution < -0.4 is 10.7 Å². The number of carbonyl (C=O) groups excluding carboxylic acids is 1. The Morgan fingerprint density at radius 2 is 1.94 bits per heavy atom. The third kappa shape index (κ3) is 4.30. The molecular weight excluding hydrogens is 398 g/mol. The van der Waals surface area contributed by atoms with Crippen molar-refractivity contribution in [1.82, 2.24) is 4.98 Å². The van der Waals surface area contributed by atoms with E-state index in [4.69, 9.17) is 4.42 Å². The number of nitrogens with one attached hydrogen (secondary N) is 2. The molecule has 1 aliphatic rings. The number of pyridine rings is 1. The lowest BCUT2D eigenvalue weighted by Gasteiger charge is -2.13. The number of hydrazone groups is 1. The Bertz CT molecular complexity index is 1160.